The minimum Gasteiger partial charge on any atom is -0.502 e. The molecular weight excluding hydrogens is 568 g/mol. The Kier molecular flexibility index (Phi) is 6.43. The van der Waals surface area contributed by atoms with E-state index in [0.29, 0.717) is 23.0 Å². The standard InChI is InChI=1S/C33H28N2O9/c36-30-13-24(9-11-28(30)34(38)39)42-22-5-1-20(2-6-22)32-15-26-17-33(19-32,18-27(16-32)44-26)21-3-7-23(8-4-21)43-25-10-12-29(35(40)41)31(37)14-25/h1-14,26-27,36-37H,15-19H2. The second kappa shape index (κ2) is 10.2. The largest absolute Gasteiger partial charge is 0.502 e. The number of rotatable bonds is 8. The van der Waals surface area contributed by atoms with Crippen LogP contribution in [0.4, 0.5) is 11.4 Å². The summed E-state index contributed by atoms with van der Waals surface area (Å²) in [5.41, 5.74) is 1.57. The highest BCUT2D eigenvalue weighted by molar-refractivity contribution is 5.52. The lowest BCUT2D eigenvalue weighted by Gasteiger charge is -2.62. The Bertz CT molecular complexity index is 1630. The average molecular weight is 597 g/mol. The van der Waals surface area contributed by atoms with Gasteiger partial charge in [0.1, 0.15) is 23.0 Å². The number of phenolic OH excluding ortho intramolecular Hbond substituents is 2. The van der Waals surface area contributed by atoms with Crippen LogP contribution in [-0.4, -0.2) is 32.3 Å². The van der Waals surface area contributed by atoms with E-state index in [4.69, 9.17) is 14.2 Å². The van der Waals surface area contributed by atoms with E-state index in [9.17, 15) is 30.4 Å². The second-order valence-electron chi connectivity index (χ2n) is 12.0. The third-order valence-electron chi connectivity index (χ3n) is 9.23. The third kappa shape index (κ3) is 4.84. The molecule has 2 N–H and O–H groups in total. The zero-order valence-electron chi connectivity index (χ0n) is 23.4. The van der Waals surface area contributed by atoms with E-state index < -0.39 is 21.3 Å². The lowest BCUT2D eigenvalue weighted by molar-refractivity contribution is -0.386. The van der Waals surface area contributed by atoms with Gasteiger partial charge < -0.3 is 24.4 Å². The number of nitrogens with zero attached hydrogens (tertiary/aromatic N) is 2. The summed E-state index contributed by atoms with van der Waals surface area (Å²) in [6.07, 6.45) is 5.02. The molecule has 2 saturated heterocycles. The second-order valence-corrected chi connectivity index (χ2v) is 12.0. The minimum absolute atomic E-state index is 0.0559. The van der Waals surface area contributed by atoms with Crippen molar-refractivity contribution in [2.24, 2.45) is 0 Å². The summed E-state index contributed by atoms with van der Waals surface area (Å²) in [4.78, 5) is 20.7. The van der Waals surface area contributed by atoms with Crippen molar-refractivity contribution in [3.63, 3.8) is 0 Å². The Hall–Kier alpha value is -5.16. The van der Waals surface area contributed by atoms with Gasteiger partial charge in [0.05, 0.1) is 22.1 Å². The van der Waals surface area contributed by atoms with Gasteiger partial charge in [-0.2, -0.15) is 0 Å². The molecule has 4 fully saturated rings. The molecule has 11 nitrogen and oxygen atoms in total. The van der Waals surface area contributed by atoms with Gasteiger partial charge in [-0.1, -0.05) is 24.3 Å². The van der Waals surface area contributed by atoms with Crippen molar-refractivity contribution in [2.75, 3.05) is 0 Å². The first-order chi connectivity index (χ1) is 21.1. The fourth-order valence-electron chi connectivity index (χ4n) is 7.60. The van der Waals surface area contributed by atoms with Crippen LogP contribution < -0.4 is 9.47 Å². The number of ether oxygens (including phenoxy) is 3. The number of nitro benzene ring substituents is 2. The molecule has 8 rings (SSSR count). The zero-order chi connectivity index (χ0) is 30.6. The van der Waals surface area contributed by atoms with E-state index in [1.165, 1.54) is 47.5 Å². The van der Waals surface area contributed by atoms with Gasteiger partial charge in [-0.05, 0) is 79.6 Å². The van der Waals surface area contributed by atoms with E-state index in [-0.39, 0.29) is 34.4 Å². The number of benzene rings is 4. The maximum Gasteiger partial charge on any atom is 0.310 e. The van der Waals surface area contributed by atoms with Gasteiger partial charge in [0, 0.05) is 35.1 Å². The maximum atomic E-state index is 11.0. The van der Waals surface area contributed by atoms with E-state index in [1.54, 1.807) is 0 Å². The van der Waals surface area contributed by atoms with Crippen LogP contribution in [0.3, 0.4) is 0 Å². The van der Waals surface area contributed by atoms with Gasteiger partial charge in [0.2, 0.25) is 0 Å². The molecule has 0 spiro atoms. The third-order valence-corrected chi connectivity index (χ3v) is 9.23. The molecule has 4 bridgehead atoms. The Morgan fingerprint density at radius 1 is 0.614 bits per heavy atom. The first-order valence-corrected chi connectivity index (χ1v) is 14.3. The maximum absolute atomic E-state index is 11.0. The lowest BCUT2D eigenvalue weighted by atomic mass is 9.48. The van der Waals surface area contributed by atoms with Gasteiger partial charge in [0.15, 0.2) is 11.5 Å². The Morgan fingerprint density at radius 3 is 1.32 bits per heavy atom. The number of hydrogen-bond donors (Lipinski definition) is 2. The minimum atomic E-state index is -0.646. The topological polar surface area (TPSA) is 154 Å². The van der Waals surface area contributed by atoms with Crippen molar-refractivity contribution >= 4 is 11.4 Å². The van der Waals surface area contributed by atoms with E-state index in [1.807, 2.05) is 24.3 Å². The number of phenols is 2. The molecule has 224 valence electrons. The van der Waals surface area contributed by atoms with Gasteiger partial charge in [-0.15, -0.1) is 0 Å². The van der Waals surface area contributed by atoms with Crippen LogP contribution in [0.5, 0.6) is 34.5 Å². The van der Waals surface area contributed by atoms with Gasteiger partial charge in [-0.25, -0.2) is 0 Å². The van der Waals surface area contributed by atoms with Crippen LogP contribution in [0.25, 0.3) is 0 Å². The molecule has 2 saturated carbocycles. The van der Waals surface area contributed by atoms with E-state index in [0.717, 1.165) is 32.1 Å². The normalized spacial score (nSPS) is 25.0. The first kappa shape index (κ1) is 27.7. The molecule has 0 atom stereocenters. The van der Waals surface area contributed by atoms with Crippen LogP contribution >= 0.6 is 0 Å². The molecule has 4 aromatic rings. The summed E-state index contributed by atoms with van der Waals surface area (Å²) in [6, 6.07) is 23.7. The van der Waals surface area contributed by atoms with Crippen LogP contribution in [0.1, 0.15) is 43.2 Å². The van der Waals surface area contributed by atoms with Crippen molar-refractivity contribution < 1.29 is 34.3 Å². The Morgan fingerprint density at radius 2 is 0.977 bits per heavy atom. The highest BCUT2D eigenvalue weighted by Crippen LogP contribution is 2.62. The van der Waals surface area contributed by atoms with Gasteiger partial charge in [-0.3, -0.25) is 20.2 Å². The highest BCUT2D eigenvalue weighted by atomic mass is 16.6. The molecule has 4 aromatic carbocycles. The molecule has 0 aromatic heterocycles. The average Bonchev–Trinajstić information content (AvgIpc) is 2.97. The van der Waals surface area contributed by atoms with Crippen molar-refractivity contribution in [3.8, 4) is 34.5 Å². The molecule has 0 unspecified atom stereocenters. The zero-order valence-corrected chi connectivity index (χ0v) is 23.4. The smallest absolute Gasteiger partial charge is 0.310 e. The monoisotopic (exact) mass is 596 g/mol. The lowest BCUT2D eigenvalue weighted by Crippen LogP contribution is -2.60. The van der Waals surface area contributed by atoms with Crippen LogP contribution in [0.2, 0.25) is 0 Å². The van der Waals surface area contributed by atoms with Crippen LogP contribution in [-0.2, 0) is 15.6 Å². The summed E-state index contributed by atoms with van der Waals surface area (Å²) < 4.78 is 18.1. The fourth-order valence-corrected chi connectivity index (χ4v) is 7.60. The molecule has 2 heterocycles. The van der Waals surface area contributed by atoms with Gasteiger partial charge in [0.25, 0.3) is 0 Å². The first-order valence-electron chi connectivity index (χ1n) is 14.3. The summed E-state index contributed by atoms with van der Waals surface area (Å²) in [7, 11) is 0. The fraction of sp³-hybridized carbons (Fsp3) is 0.273. The number of nitro groups is 2. The molecule has 2 aliphatic heterocycles. The Labute approximate surface area is 251 Å². The molecule has 0 radical (unpaired) electrons. The van der Waals surface area contributed by atoms with Crippen LogP contribution in [0, 0.1) is 20.2 Å². The molecular formula is C33H28N2O9. The van der Waals surface area contributed by atoms with Crippen molar-refractivity contribution in [1.29, 1.82) is 0 Å². The predicted molar refractivity (Wildman–Crippen MR) is 158 cm³/mol. The van der Waals surface area contributed by atoms with Gasteiger partial charge >= 0.3 is 11.4 Å². The highest BCUT2D eigenvalue weighted by Gasteiger charge is 2.59. The van der Waals surface area contributed by atoms with Crippen molar-refractivity contribution in [1.82, 2.24) is 0 Å². The number of aromatic hydroxyl groups is 2. The van der Waals surface area contributed by atoms with Crippen molar-refractivity contribution in [2.45, 2.75) is 55.1 Å². The summed E-state index contributed by atoms with van der Waals surface area (Å²) in [5, 5.41) is 41.9. The molecule has 2 aliphatic carbocycles. The van der Waals surface area contributed by atoms with E-state index in [2.05, 4.69) is 24.3 Å². The summed E-state index contributed by atoms with van der Waals surface area (Å²) >= 11 is 0. The van der Waals surface area contributed by atoms with Crippen LogP contribution in [0.15, 0.2) is 84.9 Å². The Balaban J connectivity index is 1.10. The quantitative estimate of drug-likeness (QED) is 0.156. The number of hydrogen-bond acceptors (Lipinski definition) is 9. The predicted octanol–water partition coefficient (Wildman–Crippen LogP) is 7.42. The SMILES string of the molecule is O=[N+]([O-])c1ccc(Oc2ccc(C34CC5CC(c6ccc(Oc7ccc([N+](=O)[O-])c(O)c7)cc6)(CC(C3)O5)C4)cc2)cc1O. The van der Waals surface area contributed by atoms with E-state index >= 15 is 0 Å². The van der Waals surface area contributed by atoms with Crippen molar-refractivity contribution in [3.05, 3.63) is 116 Å². The summed E-state index contributed by atoms with van der Waals surface area (Å²) in [5.74, 6) is 0.840. The summed E-state index contributed by atoms with van der Waals surface area (Å²) in [6.45, 7) is 0. The molecule has 11 heteroatoms. The molecule has 4 aliphatic rings. The molecule has 44 heavy (non-hydrogen) atoms. The molecule has 0 amide bonds.